The van der Waals surface area contributed by atoms with Crippen molar-refractivity contribution in [1.29, 1.82) is 0 Å². The van der Waals surface area contributed by atoms with E-state index in [9.17, 15) is 13.2 Å². The quantitative estimate of drug-likeness (QED) is 0.423. The summed E-state index contributed by atoms with van der Waals surface area (Å²) in [7, 11) is -3.83. The van der Waals surface area contributed by atoms with Gasteiger partial charge in [-0.05, 0) is 41.5 Å². The van der Waals surface area contributed by atoms with Crippen LogP contribution in [-0.2, 0) is 10.0 Å². The van der Waals surface area contributed by atoms with Crippen LogP contribution in [0.2, 0.25) is 0 Å². The third-order valence-electron chi connectivity index (χ3n) is 4.97. The van der Waals surface area contributed by atoms with Crippen molar-refractivity contribution in [3.8, 4) is 0 Å². The molecule has 5 nitrogen and oxygen atoms in total. The van der Waals surface area contributed by atoms with Gasteiger partial charge in [-0.2, -0.15) is 0 Å². The van der Waals surface area contributed by atoms with Crippen molar-refractivity contribution in [3.05, 3.63) is 132 Å². The largest absolute Gasteiger partial charge is 0.341 e. The molecule has 0 aliphatic carbocycles. The zero-order valence-corrected chi connectivity index (χ0v) is 18.0. The number of para-hydroxylation sites is 1. The van der Waals surface area contributed by atoms with E-state index < -0.39 is 10.0 Å². The first-order valence-electron chi connectivity index (χ1n) is 10.1. The smallest absolute Gasteiger partial charge is 0.261 e. The van der Waals surface area contributed by atoms with Gasteiger partial charge >= 0.3 is 0 Å². The Labute approximate surface area is 187 Å². The molecule has 4 aromatic carbocycles. The van der Waals surface area contributed by atoms with Gasteiger partial charge in [-0.1, -0.05) is 84.9 Å². The molecule has 160 valence electrons. The molecule has 0 aliphatic heterocycles. The Balaban J connectivity index is 1.60. The molecule has 4 rings (SSSR count). The van der Waals surface area contributed by atoms with Gasteiger partial charge in [0.15, 0.2) is 0 Å². The summed E-state index contributed by atoms with van der Waals surface area (Å²) in [6, 6.07) is 33.6. The lowest BCUT2D eigenvalue weighted by atomic mass is 9.98. The Kier molecular flexibility index (Phi) is 6.33. The number of carbonyl (C=O) groups excluding carboxylic acids is 1. The molecule has 0 aliphatic rings. The maximum absolute atomic E-state index is 13.1. The number of benzene rings is 4. The summed E-state index contributed by atoms with van der Waals surface area (Å²) in [5, 5.41) is 3.04. The summed E-state index contributed by atoms with van der Waals surface area (Å²) >= 11 is 0. The number of carbonyl (C=O) groups is 1. The molecule has 0 saturated heterocycles. The summed E-state index contributed by atoms with van der Waals surface area (Å²) in [5.41, 5.74) is 2.58. The average molecular weight is 443 g/mol. The third kappa shape index (κ3) is 5.04. The molecule has 2 N–H and O–H groups in total. The zero-order valence-electron chi connectivity index (χ0n) is 17.2. The van der Waals surface area contributed by atoms with E-state index in [0.717, 1.165) is 11.1 Å². The van der Waals surface area contributed by atoms with E-state index in [1.54, 1.807) is 42.5 Å². The van der Waals surface area contributed by atoms with Crippen molar-refractivity contribution in [3.63, 3.8) is 0 Å². The molecule has 0 spiro atoms. The van der Waals surface area contributed by atoms with Crippen LogP contribution in [0, 0.1) is 0 Å². The second kappa shape index (κ2) is 9.49. The molecular formula is C26H22N2O3S. The fourth-order valence-corrected chi connectivity index (χ4v) is 4.49. The second-order valence-corrected chi connectivity index (χ2v) is 8.91. The topological polar surface area (TPSA) is 75.3 Å². The van der Waals surface area contributed by atoms with E-state index in [0.29, 0.717) is 5.69 Å². The van der Waals surface area contributed by atoms with Crippen molar-refractivity contribution in [2.75, 3.05) is 4.72 Å². The molecule has 0 bridgehead atoms. The molecule has 0 heterocycles. The molecule has 0 radical (unpaired) electrons. The molecule has 0 atom stereocenters. The first-order valence-corrected chi connectivity index (χ1v) is 11.6. The van der Waals surface area contributed by atoms with Crippen LogP contribution in [0.1, 0.15) is 27.5 Å². The lowest BCUT2D eigenvalue weighted by Gasteiger charge is -2.20. The molecule has 0 aromatic heterocycles. The van der Waals surface area contributed by atoms with Crippen molar-refractivity contribution in [2.24, 2.45) is 0 Å². The molecule has 0 saturated carbocycles. The molecule has 0 unspecified atom stereocenters. The third-order valence-corrected chi connectivity index (χ3v) is 6.35. The maximum atomic E-state index is 13.1. The van der Waals surface area contributed by atoms with Crippen molar-refractivity contribution >= 4 is 21.6 Å². The standard InChI is InChI=1S/C26H22N2O3S/c29-26(27-25(20-11-4-1-5-12-20)21-13-6-2-7-14-21)22-15-10-18-24(19-22)32(30,31)28-23-16-8-3-9-17-23/h1-19,25,28H,(H,27,29). The van der Waals surface area contributed by atoms with E-state index in [-0.39, 0.29) is 22.4 Å². The highest BCUT2D eigenvalue weighted by molar-refractivity contribution is 7.92. The van der Waals surface area contributed by atoms with Crippen molar-refractivity contribution in [2.45, 2.75) is 10.9 Å². The fraction of sp³-hybridized carbons (Fsp3) is 0.0385. The Hall–Kier alpha value is -3.90. The highest BCUT2D eigenvalue weighted by Crippen LogP contribution is 2.23. The predicted molar refractivity (Wildman–Crippen MR) is 126 cm³/mol. The van der Waals surface area contributed by atoms with Crippen LogP contribution in [-0.4, -0.2) is 14.3 Å². The second-order valence-electron chi connectivity index (χ2n) is 7.23. The molecular weight excluding hydrogens is 420 g/mol. The summed E-state index contributed by atoms with van der Waals surface area (Å²) in [5.74, 6) is -0.362. The van der Waals surface area contributed by atoms with Gasteiger partial charge in [-0.3, -0.25) is 9.52 Å². The van der Waals surface area contributed by atoms with Crippen molar-refractivity contribution < 1.29 is 13.2 Å². The van der Waals surface area contributed by atoms with E-state index in [1.807, 2.05) is 60.7 Å². The molecule has 1 amide bonds. The first-order chi connectivity index (χ1) is 15.5. The number of hydrogen-bond acceptors (Lipinski definition) is 3. The number of anilines is 1. The highest BCUT2D eigenvalue weighted by Gasteiger charge is 2.20. The van der Waals surface area contributed by atoms with Crippen LogP contribution in [0.5, 0.6) is 0 Å². The van der Waals surface area contributed by atoms with Crippen LogP contribution in [0.25, 0.3) is 0 Å². The lowest BCUT2D eigenvalue weighted by Crippen LogP contribution is -2.29. The van der Waals surface area contributed by atoms with Gasteiger partial charge in [-0.25, -0.2) is 8.42 Å². The molecule has 6 heteroatoms. The van der Waals surface area contributed by atoms with Crippen LogP contribution >= 0.6 is 0 Å². The Bertz CT molecular complexity index is 1250. The summed E-state index contributed by atoms with van der Waals surface area (Å²) in [4.78, 5) is 13.1. The minimum Gasteiger partial charge on any atom is -0.341 e. The number of sulfonamides is 1. The van der Waals surface area contributed by atoms with E-state index in [1.165, 1.54) is 12.1 Å². The molecule has 0 fully saturated rings. The average Bonchev–Trinajstić information content (AvgIpc) is 2.84. The predicted octanol–water partition coefficient (Wildman–Crippen LogP) is 5.01. The van der Waals surface area contributed by atoms with E-state index >= 15 is 0 Å². The fourth-order valence-electron chi connectivity index (χ4n) is 3.39. The monoisotopic (exact) mass is 442 g/mol. The van der Waals surface area contributed by atoms with E-state index in [2.05, 4.69) is 10.0 Å². The highest BCUT2D eigenvalue weighted by atomic mass is 32.2. The van der Waals surface area contributed by atoms with Gasteiger partial charge in [0.2, 0.25) is 0 Å². The van der Waals surface area contributed by atoms with Crippen LogP contribution in [0.4, 0.5) is 5.69 Å². The van der Waals surface area contributed by atoms with Crippen LogP contribution in [0.3, 0.4) is 0 Å². The molecule has 32 heavy (non-hydrogen) atoms. The van der Waals surface area contributed by atoms with Gasteiger partial charge in [-0.15, -0.1) is 0 Å². The van der Waals surface area contributed by atoms with Crippen molar-refractivity contribution in [1.82, 2.24) is 5.32 Å². The van der Waals surface area contributed by atoms with Crippen LogP contribution in [0.15, 0.2) is 120 Å². The Morgan fingerprint density at radius 1 is 0.656 bits per heavy atom. The Morgan fingerprint density at radius 2 is 1.19 bits per heavy atom. The minimum atomic E-state index is -3.83. The van der Waals surface area contributed by atoms with Gasteiger partial charge in [0.05, 0.1) is 10.9 Å². The minimum absolute atomic E-state index is 0.0185. The van der Waals surface area contributed by atoms with Gasteiger partial charge in [0, 0.05) is 11.3 Å². The maximum Gasteiger partial charge on any atom is 0.261 e. The normalized spacial score (nSPS) is 11.2. The summed E-state index contributed by atoms with van der Waals surface area (Å²) < 4.78 is 28.1. The zero-order chi connectivity index (χ0) is 22.4. The van der Waals surface area contributed by atoms with Crippen LogP contribution < -0.4 is 10.0 Å². The summed E-state index contributed by atoms with van der Waals surface area (Å²) in [6.45, 7) is 0. The summed E-state index contributed by atoms with van der Waals surface area (Å²) in [6.07, 6.45) is 0. The van der Waals surface area contributed by atoms with E-state index in [4.69, 9.17) is 0 Å². The molecule has 4 aromatic rings. The lowest BCUT2D eigenvalue weighted by molar-refractivity contribution is 0.0942. The number of amides is 1. The number of rotatable bonds is 7. The number of nitrogens with one attached hydrogen (secondary N) is 2. The first kappa shape index (κ1) is 21.3. The van der Waals surface area contributed by atoms with Gasteiger partial charge < -0.3 is 5.32 Å². The SMILES string of the molecule is O=C(NC(c1ccccc1)c1ccccc1)c1cccc(S(=O)(=O)Nc2ccccc2)c1. The Morgan fingerprint density at radius 3 is 1.75 bits per heavy atom. The number of hydrogen-bond donors (Lipinski definition) is 2. The van der Waals surface area contributed by atoms with Gasteiger partial charge in [0.1, 0.15) is 0 Å². The van der Waals surface area contributed by atoms with Gasteiger partial charge in [0.25, 0.3) is 15.9 Å².